The average Bonchev–Trinajstić information content (AvgIpc) is 3.21. The van der Waals surface area contributed by atoms with Gasteiger partial charge in [0.1, 0.15) is 0 Å². The Balaban J connectivity index is 1.58. The van der Waals surface area contributed by atoms with Crippen LogP contribution < -0.4 is 5.32 Å². The number of benzene rings is 1. The van der Waals surface area contributed by atoms with Crippen molar-refractivity contribution in [1.82, 2.24) is 9.80 Å². The van der Waals surface area contributed by atoms with Gasteiger partial charge in [0, 0.05) is 18.3 Å². The van der Waals surface area contributed by atoms with Crippen molar-refractivity contribution in [2.75, 3.05) is 38.0 Å². The highest BCUT2D eigenvalue weighted by molar-refractivity contribution is 6.31. The summed E-state index contributed by atoms with van der Waals surface area (Å²) in [5.74, 6) is -0.297. The van der Waals surface area contributed by atoms with Gasteiger partial charge in [-0.15, -0.1) is 0 Å². The number of carbonyl (C=O) groups excluding carboxylic acids is 1. The van der Waals surface area contributed by atoms with E-state index in [1.807, 2.05) is 0 Å². The molecule has 0 spiro atoms. The van der Waals surface area contributed by atoms with E-state index in [1.165, 1.54) is 18.9 Å². The van der Waals surface area contributed by atoms with Gasteiger partial charge in [0.2, 0.25) is 5.91 Å². The number of rotatable bonds is 5. The standard InChI is InChI=1S/C18H23ClF3N3O/c19-16-6-5-13(10-15(16)18(20,21)22)23-17(26)12-25-9-3-4-14(25)11-24-7-1-2-8-24/h5-6,10,14H,1-4,7-9,11-12H2,(H,23,26). The molecule has 0 saturated carbocycles. The molecule has 0 aliphatic carbocycles. The van der Waals surface area contributed by atoms with E-state index in [-0.39, 0.29) is 23.2 Å². The van der Waals surface area contributed by atoms with Crippen LogP contribution in [0.25, 0.3) is 0 Å². The molecule has 1 unspecified atom stereocenters. The minimum atomic E-state index is -4.55. The Morgan fingerprint density at radius 3 is 2.62 bits per heavy atom. The SMILES string of the molecule is O=C(CN1CCCC1CN1CCCC1)Nc1ccc(Cl)c(C(F)(F)F)c1. The highest BCUT2D eigenvalue weighted by Gasteiger charge is 2.34. The maximum absolute atomic E-state index is 12.9. The third-order valence-electron chi connectivity index (χ3n) is 5.07. The van der Waals surface area contributed by atoms with Gasteiger partial charge in [0.15, 0.2) is 0 Å². The van der Waals surface area contributed by atoms with Crippen LogP contribution in [0.1, 0.15) is 31.2 Å². The van der Waals surface area contributed by atoms with E-state index in [1.54, 1.807) is 0 Å². The summed E-state index contributed by atoms with van der Waals surface area (Å²) >= 11 is 5.61. The van der Waals surface area contributed by atoms with Crippen molar-refractivity contribution < 1.29 is 18.0 Å². The van der Waals surface area contributed by atoms with E-state index in [4.69, 9.17) is 11.6 Å². The first-order chi connectivity index (χ1) is 12.3. The smallest absolute Gasteiger partial charge is 0.325 e. The third kappa shape index (κ3) is 4.90. The number of hydrogen-bond acceptors (Lipinski definition) is 3. The predicted octanol–water partition coefficient (Wildman–Crippen LogP) is 3.86. The molecule has 144 valence electrons. The van der Waals surface area contributed by atoms with Crippen LogP contribution >= 0.6 is 11.6 Å². The topological polar surface area (TPSA) is 35.6 Å². The quantitative estimate of drug-likeness (QED) is 0.830. The van der Waals surface area contributed by atoms with Crippen molar-refractivity contribution in [3.63, 3.8) is 0 Å². The van der Waals surface area contributed by atoms with Crippen LogP contribution in [0.15, 0.2) is 18.2 Å². The zero-order valence-corrected chi connectivity index (χ0v) is 15.2. The Morgan fingerprint density at radius 2 is 1.92 bits per heavy atom. The summed E-state index contributed by atoms with van der Waals surface area (Å²) in [5.41, 5.74) is -0.827. The van der Waals surface area contributed by atoms with Crippen LogP contribution in [-0.4, -0.2) is 54.5 Å². The van der Waals surface area contributed by atoms with Crippen LogP contribution in [-0.2, 0) is 11.0 Å². The molecular formula is C18H23ClF3N3O. The molecule has 2 saturated heterocycles. The Kier molecular flexibility index (Phi) is 6.10. The number of carbonyl (C=O) groups is 1. The second-order valence-corrected chi connectivity index (χ2v) is 7.42. The second kappa shape index (κ2) is 8.15. The summed E-state index contributed by atoms with van der Waals surface area (Å²) in [7, 11) is 0. The van der Waals surface area contributed by atoms with Gasteiger partial charge in [0.05, 0.1) is 17.1 Å². The second-order valence-electron chi connectivity index (χ2n) is 7.01. The van der Waals surface area contributed by atoms with Crippen LogP contribution in [0, 0.1) is 0 Å². The molecule has 8 heteroatoms. The Bertz CT molecular complexity index is 647. The number of likely N-dealkylation sites (tertiary alicyclic amines) is 2. The van der Waals surface area contributed by atoms with Gasteiger partial charge in [-0.3, -0.25) is 9.69 Å². The molecule has 2 heterocycles. The lowest BCUT2D eigenvalue weighted by molar-refractivity contribution is -0.137. The lowest BCUT2D eigenvalue weighted by Gasteiger charge is -2.28. The average molecular weight is 390 g/mol. The summed E-state index contributed by atoms with van der Waals surface area (Å²) in [6, 6.07) is 3.77. The molecule has 1 aromatic carbocycles. The fourth-order valence-electron chi connectivity index (χ4n) is 3.78. The fraction of sp³-hybridized carbons (Fsp3) is 0.611. The number of halogens is 4. The Labute approximate surface area is 156 Å². The number of nitrogens with zero attached hydrogens (tertiary/aromatic N) is 2. The molecule has 0 aromatic heterocycles. The molecule has 3 rings (SSSR count). The van der Waals surface area contributed by atoms with Gasteiger partial charge in [-0.2, -0.15) is 13.2 Å². The molecule has 2 aliphatic rings. The Morgan fingerprint density at radius 1 is 1.19 bits per heavy atom. The number of hydrogen-bond donors (Lipinski definition) is 1. The number of amides is 1. The number of alkyl halides is 3. The molecular weight excluding hydrogens is 367 g/mol. The normalized spacial score (nSPS) is 22.1. The van der Waals surface area contributed by atoms with E-state index in [0.29, 0.717) is 6.04 Å². The zero-order valence-electron chi connectivity index (χ0n) is 14.5. The minimum absolute atomic E-state index is 0.113. The summed E-state index contributed by atoms with van der Waals surface area (Å²) in [6.07, 6.45) is 0.0120. The van der Waals surface area contributed by atoms with Crippen molar-refractivity contribution in [2.45, 2.75) is 37.9 Å². The van der Waals surface area contributed by atoms with Gasteiger partial charge >= 0.3 is 6.18 Å². The first kappa shape index (κ1) is 19.5. The monoisotopic (exact) mass is 389 g/mol. The molecule has 26 heavy (non-hydrogen) atoms. The van der Waals surface area contributed by atoms with Gasteiger partial charge in [-0.05, 0) is 63.5 Å². The molecule has 1 atom stereocenters. The van der Waals surface area contributed by atoms with E-state index < -0.39 is 11.7 Å². The van der Waals surface area contributed by atoms with Gasteiger partial charge in [0.25, 0.3) is 0 Å². The van der Waals surface area contributed by atoms with E-state index in [9.17, 15) is 18.0 Å². The fourth-order valence-corrected chi connectivity index (χ4v) is 4.00. The molecule has 2 fully saturated rings. The summed E-state index contributed by atoms with van der Waals surface area (Å²) in [6.45, 7) is 4.23. The largest absolute Gasteiger partial charge is 0.417 e. The maximum atomic E-state index is 12.9. The molecule has 0 bridgehead atoms. The van der Waals surface area contributed by atoms with Gasteiger partial charge < -0.3 is 10.2 Å². The summed E-state index contributed by atoms with van der Waals surface area (Å²) < 4.78 is 38.8. The van der Waals surface area contributed by atoms with Crippen LogP contribution in [0.3, 0.4) is 0 Å². The van der Waals surface area contributed by atoms with Crippen molar-refractivity contribution in [3.8, 4) is 0 Å². The molecule has 1 amide bonds. The summed E-state index contributed by atoms with van der Waals surface area (Å²) in [4.78, 5) is 16.9. The first-order valence-corrected chi connectivity index (χ1v) is 9.34. The van der Waals surface area contributed by atoms with Crippen molar-refractivity contribution in [3.05, 3.63) is 28.8 Å². The molecule has 0 radical (unpaired) electrons. The highest BCUT2D eigenvalue weighted by atomic mass is 35.5. The van der Waals surface area contributed by atoms with E-state index in [0.717, 1.165) is 51.2 Å². The third-order valence-corrected chi connectivity index (χ3v) is 5.40. The summed E-state index contributed by atoms with van der Waals surface area (Å²) in [5, 5.41) is 2.20. The number of nitrogens with one attached hydrogen (secondary N) is 1. The maximum Gasteiger partial charge on any atom is 0.417 e. The van der Waals surface area contributed by atoms with Crippen LogP contribution in [0.2, 0.25) is 5.02 Å². The molecule has 2 aliphatic heterocycles. The van der Waals surface area contributed by atoms with E-state index in [2.05, 4.69) is 15.1 Å². The lowest BCUT2D eigenvalue weighted by atomic mass is 10.2. The molecule has 1 aromatic rings. The van der Waals surface area contributed by atoms with Gasteiger partial charge in [-0.1, -0.05) is 11.6 Å². The lowest BCUT2D eigenvalue weighted by Crippen LogP contribution is -2.42. The molecule has 1 N–H and O–H groups in total. The zero-order chi connectivity index (χ0) is 18.7. The highest BCUT2D eigenvalue weighted by Crippen LogP contribution is 2.36. The first-order valence-electron chi connectivity index (χ1n) is 8.96. The molecule has 4 nitrogen and oxygen atoms in total. The van der Waals surface area contributed by atoms with Crippen molar-refractivity contribution in [1.29, 1.82) is 0 Å². The number of anilines is 1. The van der Waals surface area contributed by atoms with Crippen molar-refractivity contribution in [2.24, 2.45) is 0 Å². The minimum Gasteiger partial charge on any atom is -0.325 e. The predicted molar refractivity (Wildman–Crippen MR) is 95.4 cm³/mol. The Hall–Kier alpha value is -1.31. The van der Waals surface area contributed by atoms with Gasteiger partial charge in [-0.25, -0.2) is 0 Å². The van der Waals surface area contributed by atoms with E-state index >= 15 is 0 Å². The van der Waals surface area contributed by atoms with Crippen LogP contribution in [0.5, 0.6) is 0 Å². The van der Waals surface area contributed by atoms with Crippen molar-refractivity contribution >= 4 is 23.2 Å². The van der Waals surface area contributed by atoms with Crippen LogP contribution in [0.4, 0.5) is 18.9 Å².